The molecule has 2 aliphatic rings. The Labute approximate surface area is 412 Å². The summed E-state index contributed by atoms with van der Waals surface area (Å²) in [6.45, 7) is 19.9. The highest BCUT2D eigenvalue weighted by Gasteiger charge is 2.18. The molecule has 0 saturated carbocycles. The lowest BCUT2D eigenvalue weighted by Crippen LogP contribution is -2.29. The van der Waals surface area contributed by atoms with Gasteiger partial charge in [0.15, 0.2) is 0 Å². The molecule has 0 bridgehead atoms. The predicted octanol–water partition coefficient (Wildman–Crippen LogP) is 2.73. The Bertz CT molecular complexity index is 2110. The maximum Gasteiger partial charge on any atom is 0.328 e. The van der Waals surface area contributed by atoms with Crippen molar-refractivity contribution in [2.45, 2.75) is 52.9 Å². The number of fused-ring (bicyclic) bond motifs is 2. The molecule has 23 nitrogen and oxygen atoms in total. The Balaban J connectivity index is 0.000000488. The predicted molar refractivity (Wildman–Crippen MR) is 264 cm³/mol. The minimum Gasteiger partial charge on any atom is -0.478 e. The van der Waals surface area contributed by atoms with Crippen LogP contribution >= 0.6 is 0 Å². The molecule has 8 N–H and O–H groups in total. The maximum absolute atomic E-state index is 9.55. The van der Waals surface area contributed by atoms with Crippen LogP contribution in [0.3, 0.4) is 0 Å². The van der Waals surface area contributed by atoms with Crippen molar-refractivity contribution in [1.29, 1.82) is 0 Å². The Kier molecular flexibility index (Phi) is 30.9. The summed E-state index contributed by atoms with van der Waals surface area (Å²) in [7, 11) is 4.42. The van der Waals surface area contributed by atoms with Gasteiger partial charge in [-0.2, -0.15) is 0 Å². The van der Waals surface area contributed by atoms with Gasteiger partial charge in [-0.3, -0.25) is 9.80 Å². The van der Waals surface area contributed by atoms with Gasteiger partial charge in [-0.25, -0.2) is 38.7 Å². The van der Waals surface area contributed by atoms with Crippen LogP contribution in [-0.2, 0) is 64.4 Å². The number of hydrogen-bond acceptors (Lipinski definition) is 14. The summed E-state index contributed by atoms with van der Waals surface area (Å²) >= 11 is 0. The number of ether oxygens (including phenoxy) is 2. The number of aromatic nitrogens is 4. The van der Waals surface area contributed by atoms with E-state index in [0.717, 1.165) is 115 Å². The second-order valence-corrected chi connectivity index (χ2v) is 15.6. The average molecular weight is 999 g/mol. The Morgan fingerprint density at radius 2 is 0.803 bits per heavy atom. The largest absolute Gasteiger partial charge is 0.478 e. The molecule has 0 amide bonds. The SMILES string of the molecule is CCOCCn1c(CN2CCCN(C)CC2)nc2ccccc21.CCOCCn1c(CN2CCCN(C)CC2)nc2ccccc21.O.O=C(O)C=CC(=O)O.O=C(O)C=CC(=O)O.O=C(O)C=CC(=O)O. The van der Waals surface area contributed by atoms with Crippen molar-refractivity contribution in [3.63, 3.8) is 0 Å². The molecule has 0 radical (unpaired) electrons. The van der Waals surface area contributed by atoms with E-state index in [1.54, 1.807) is 0 Å². The number of nitrogens with zero attached hydrogens (tertiary/aromatic N) is 8. The molecule has 392 valence electrons. The van der Waals surface area contributed by atoms with E-state index in [4.69, 9.17) is 50.1 Å². The topological polar surface area (TPSA) is 322 Å². The molecule has 6 rings (SSSR count). The lowest BCUT2D eigenvalue weighted by atomic mass is 10.3. The first-order chi connectivity index (χ1) is 33.4. The second kappa shape index (κ2) is 35.3. The molecule has 0 unspecified atom stereocenters. The molecule has 71 heavy (non-hydrogen) atoms. The molecule has 2 aliphatic heterocycles. The van der Waals surface area contributed by atoms with Crippen molar-refractivity contribution >= 4 is 57.9 Å². The number of benzene rings is 2. The first kappa shape index (κ1) is 62.2. The lowest BCUT2D eigenvalue weighted by molar-refractivity contribution is -0.134. The van der Waals surface area contributed by atoms with Gasteiger partial charge in [-0.05, 0) is 91.2 Å². The molecule has 2 fully saturated rings. The average Bonchev–Trinajstić information content (AvgIpc) is 3.65. The van der Waals surface area contributed by atoms with Gasteiger partial charge in [0.2, 0.25) is 0 Å². The Hall–Kier alpha value is -6.86. The van der Waals surface area contributed by atoms with Crippen LogP contribution in [-0.4, -0.2) is 204 Å². The van der Waals surface area contributed by atoms with E-state index in [-0.39, 0.29) is 5.48 Å². The molecule has 2 aromatic carbocycles. The monoisotopic (exact) mass is 998 g/mol. The van der Waals surface area contributed by atoms with Crippen LogP contribution in [0, 0.1) is 0 Å². The number of likely N-dealkylation sites (N-methyl/N-ethyl adjacent to an activating group) is 2. The van der Waals surface area contributed by atoms with Gasteiger partial charge in [0.25, 0.3) is 0 Å². The molecular weight excluding hydrogens is 929 g/mol. The van der Waals surface area contributed by atoms with Gasteiger partial charge in [0.1, 0.15) is 11.6 Å². The van der Waals surface area contributed by atoms with E-state index in [0.29, 0.717) is 36.5 Å². The first-order valence-electron chi connectivity index (χ1n) is 22.7. The zero-order chi connectivity index (χ0) is 51.8. The van der Waals surface area contributed by atoms with Gasteiger partial charge in [0.05, 0.1) is 48.4 Å². The van der Waals surface area contributed by atoms with Crippen molar-refractivity contribution in [1.82, 2.24) is 38.7 Å². The van der Waals surface area contributed by atoms with Crippen molar-refractivity contribution < 1.29 is 74.4 Å². The van der Waals surface area contributed by atoms with Crippen LogP contribution in [0.25, 0.3) is 22.1 Å². The molecule has 4 heterocycles. The van der Waals surface area contributed by atoms with Crippen LogP contribution in [0.1, 0.15) is 38.3 Å². The van der Waals surface area contributed by atoms with Crippen LogP contribution in [0.5, 0.6) is 0 Å². The quantitative estimate of drug-likeness (QED) is 0.0616. The fourth-order valence-corrected chi connectivity index (χ4v) is 6.94. The Morgan fingerprint density at radius 3 is 1.10 bits per heavy atom. The van der Waals surface area contributed by atoms with Gasteiger partial charge >= 0.3 is 35.8 Å². The highest BCUT2D eigenvalue weighted by atomic mass is 16.5. The molecule has 23 heteroatoms. The summed E-state index contributed by atoms with van der Waals surface area (Å²) in [5.74, 6) is -5.22. The number of carboxylic acid groups (broad SMARTS) is 6. The number of imidazole rings is 2. The van der Waals surface area contributed by atoms with Crippen LogP contribution in [0.15, 0.2) is 85.0 Å². The highest BCUT2D eigenvalue weighted by Crippen LogP contribution is 2.20. The van der Waals surface area contributed by atoms with Crippen LogP contribution in [0.2, 0.25) is 0 Å². The second-order valence-electron chi connectivity index (χ2n) is 15.6. The summed E-state index contributed by atoms with van der Waals surface area (Å²) in [6.07, 6.45) is 5.81. The molecule has 2 aromatic heterocycles. The molecule has 0 aliphatic carbocycles. The molecule has 4 aromatic rings. The number of rotatable bonds is 18. The van der Waals surface area contributed by atoms with E-state index in [2.05, 4.69) is 91.4 Å². The van der Waals surface area contributed by atoms with E-state index >= 15 is 0 Å². The van der Waals surface area contributed by atoms with E-state index in [1.165, 1.54) is 37.0 Å². The van der Waals surface area contributed by atoms with E-state index in [9.17, 15) is 28.8 Å². The third-order valence-electron chi connectivity index (χ3n) is 10.3. The molecular formula is C48H70N8O15. The zero-order valence-corrected chi connectivity index (χ0v) is 40.8. The molecule has 2 saturated heterocycles. The van der Waals surface area contributed by atoms with Crippen LogP contribution in [0.4, 0.5) is 0 Å². The number of carboxylic acids is 6. The van der Waals surface area contributed by atoms with Gasteiger partial charge in [-0.15, -0.1) is 0 Å². The van der Waals surface area contributed by atoms with Crippen molar-refractivity contribution in [3.8, 4) is 0 Å². The third-order valence-corrected chi connectivity index (χ3v) is 10.3. The number of carbonyl (C=O) groups is 6. The summed E-state index contributed by atoms with van der Waals surface area (Å²) in [5.41, 5.74) is 4.61. The minimum atomic E-state index is -1.26. The fraction of sp³-hybridized carbons (Fsp3) is 0.458. The maximum atomic E-state index is 9.55. The van der Waals surface area contributed by atoms with Crippen molar-refractivity contribution in [2.24, 2.45) is 0 Å². The van der Waals surface area contributed by atoms with Gasteiger partial charge < -0.3 is 64.5 Å². The number of hydrogen-bond donors (Lipinski definition) is 6. The highest BCUT2D eigenvalue weighted by molar-refractivity contribution is 5.90. The van der Waals surface area contributed by atoms with E-state index < -0.39 is 35.8 Å². The lowest BCUT2D eigenvalue weighted by Gasteiger charge is -2.20. The normalized spacial score (nSPS) is 14.6. The number of aliphatic carboxylic acids is 6. The van der Waals surface area contributed by atoms with Crippen molar-refractivity contribution in [3.05, 3.63) is 96.6 Å². The smallest absolute Gasteiger partial charge is 0.328 e. The van der Waals surface area contributed by atoms with Gasteiger partial charge in [-0.1, -0.05) is 24.3 Å². The zero-order valence-electron chi connectivity index (χ0n) is 40.8. The summed E-state index contributed by atoms with van der Waals surface area (Å²) in [6, 6.07) is 16.8. The summed E-state index contributed by atoms with van der Waals surface area (Å²) in [4.78, 5) is 77.0. The third kappa shape index (κ3) is 26.6. The molecule has 0 atom stereocenters. The first-order valence-corrected chi connectivity index (χ1v) is 22.7. The summed E-state index contributed by atoms with van der Waals surface area (Å²) in [5, 5.41) is 46.9. The standard InChI is InChI=1S/2C18H28N4O.3C4H4O4.H2O/c2*1-3-23-14-13-22-17-8-5-4-7-16(17)19-18(22)15-21-10-6-9-20(2)11-12-21;3*5-3(6)1-2-4(7)8;/h2*4-5,7-8H,3,6,9-15H2,1-2H3;3*1-2H,(H,5,6)(H,7,8);1H2. The summed E-state index contributed by atoms with van der Waals surface area (Å²) < 4.78 is 15.8. The number of para-hydroxylation sites is 4. The fourth-order valence-electron chi connectivity index (χ4n) is 6.94. The van der Waals surface area contributed by atoms with Crippen molar-refractivity contribution in [2.75, 3.05) is 92.9 Å². The molecule has 0 spiro atoms. The Morgan fingerprint density at radius 1 is 0.493 bits per heavy atom. The van der Waals surface area contributed by atoms with Gasteiger partial charge in [0, 0.05) is 88.9 Å². The van der Waals surface area contributed by atoms with Crippen LogP contribution < -0.4 is 0 Å². The minimum absolute atomic E-state index is 0. The van der Waals surface area contributed by atoms with E-state index in [1.807, 2.05) is 13.8 Å².